The number of nitrogens with one attached hydrogen (secondary N) is 2. The van der Waals surface area contributed by atoms with E-state index in [9.17, 15) is 4.39 Å². The number of rotatable bonds is 5. The summed E-state index contributed by atoms with van der Waals surface area (Å²) in [5.41, 5.74) is 0.390. The Morgan fingerprint density at radius 1 is 1.41 bits per heavy atom. The first-order chi connectivity index (χ1) is 8.13. The molecule has 0 aromatic heterocycles. The highest BCUT2D eigenvalue weighted by Gasteiger charge is 2.03. The van der Waals surface area contributed by atoms with Crippen molar-refractivity contribution in [1.82, 2.24) is 5.32 Å². The van der Waals surface area contributed by atoms with Gasteiger partial charge in [-0.25, -0.2) is 4.39 Å². The van der Waals surface area contributed by atoms with Gasteiger partial charge in [0.1, 0.15) is 5.82 Å². The first-order valence-electron chi connectivity index (χ1n) is 5.63. The van der Waals surface area contributed by atoms with Gasteiger partial charge in [-0.05, 0) is 36.8 Å². The number of halogens is 2. The first kappa shape index (κ1) is 14.4. The number of benzene rings is 1. The fourth-order valence-corrected chi connectivity index (χ4v) is 1.88. The summed E-state index contributed by atoms with van der Waals surface area (Å²) in [6, 6.07) is 4.83. The van der Waals surface area contributed by atoms with E-state index in [4.69, 9.17) is 12.2 Å². The Labute approximate surface area is 115 Å². The molecule has 0 unspecified atom stereocenters. The summed E-state index contributed by atoms with van der Waals surface area (Å²) in [5.74, 6) is -0.322. The van der Waals surface area contributed by atoms with Crippen molar-refractivity contribution < 1.29 is 4.39 Å². The summed E-state index contributed by atoms with van der Waals surface area (Å²) in [6.45, 7) is 2.96. The van der Waals surface area contributed by atoms with Crippen LogP contribution in [0.25, 0.3) is 0 Å². The number of hydrogen-bond acceptors (Lipinski definition) is 1. The van der Waals surface area contributed by atoms with Crippen molar-refractivity contribution in [2.45, 2.75) is 26.2 Å². The molecule has 0 aliphatic rings. The minimum absolute atomic E-state index is 0.322. The molecule has 0 atom stereocenters. The molecule has 94 valence electrons. The van der Waals surface area contributed by atoms with Crippen molar-refractivity contribution in [3.05, 3.63) is 28.5 Å². The summed E-state index contributed by atoms with van der Waals surface area (Å²) in [5, 5.41) is 6.35. The van der Waals surface area contributed by atoms with Gasteiger partial charge in [0.2, 0.25) is 0 Å². The van der Waals surface area contributed by atoms with E-state index in [2.05, 4.69) is 33.5 Å². The van der Waals surface area contributed by atoms with Crippen LogP contribution in [0.15, 0.2) is 22.7 Å². The number of hydrogen-bond donors (Lipinski definition) is 2. The summed E-state index contributed by atoms with van der Waals surface area (Å²) in [6.07, 6.45) is 3.41. The lowest BCUT2D eigenvalue weighted by molar-refractivity contribution is 0.631. The maximum absolute atomic E-state index is 13.5. The van der Waals surface area contributed by atoms with Crippen LogP contribution in [-0.2, 0) is 0 Å². The molecule has 2 nitrogen and oxygen atoms in total. The molecule has 0 radical (unpaired) electrons. The van der Waals surface area contributed by atoms with Crippen molar-refractivity contribution in [2.75, 3.05) is 11.9 Å². The Morgan fingerprint density at radius 3 is 2.82 bits per heavy atom. The van der Waals surface area contributed by atoms with E-state index in [0.29, 0.717) is 15.3 Å². The van der Waals surface area contributed by atoms with E-state index in [1.165, 1.54) is 18.9 Å². The van der Waals surface area contributed by atoms with Crippen LogP contribution in [0.5, 0.6) is 0 Å². The summed E-state index contributed by atoms with van der Waals surface area (Å²) in [4.78, 5) is 0. The summed E-state index contributed by atoms with van der Waals surface area (Å²) < 4.78 is 14.2. The minimum atomic E-state index is -0.322. The number of anilines is 1. The van der Waals surface area contributed by atoms with Crippen molar-refractivity contribution in [3.8, 4) is 0 Å². The molecule has 0 fully saturated rings. The largest absolute Gasteiger partial charge is 0.362 e. The zero-order valence-electron chi connectivity index (χ0n) is 9.72. The van der Waals surface area contributed by atoms with Gasteiger partial charge in [-0.3, -0.25) is 0 Å². The lowest BCUT2D eigenvalue weighted by Gasteiger charge is -2.11. The molecular formula is C12H16BrFN2S. The molecule has 0 bridgehead atoms. The molecule has 1 rings (SSSR count). The highest BCUT2D eigenvalue weighted by molar-refractivity contribution is 9.10. The van der Waals surface area contributed by atoms with E-state index in [1.54, 1.807) is 12.1 Å². The average molecular weight is 319 g/mol. The van der Waals surface area contributed by atoms with Gasteiger partial charge >= 0.3 is 0 Å². The fraction of sp³-hybridized carbons (Fsp3) is 0.417. The lowest BCUT2D eigenvalue weighted by Crippen LogP contribution is -2.29. The predicted octanol–water partition coefficient (Wildman–Crippen LogP) is 4.06. The molecule has 5 heteroatoms. The Kier molecular flexibility index (Phi) is 6.44. The molecule has 0 spiro atoms. The van der Waals surface area contributed by atoms with Crippen LogP contribution in [0.3, 0.4) is 0 Å². The van der Waals surface area contributed by atoms with E-state index < -0.39 is 0 Å². The van der Waals surface area contributed by atoms with Crippen molar-refractivity contribution in [3.63, 3.8) is 0 Å². The minimum Gasteiger partial charge on any atom is -0.362 e. The third-order valence-corrected chi connectivity index (χ3v) is 2.98. The number of unbranched alkanes of at least 4 members (excludes halogenated alkanes) is 2. The molecule has 0 saturated heterocycles. The second-order valence-electron chi connectivity index (χ2n) is 3.71. The highest BCUT2D eigenvalue weighted by atomic mass is 79.9. The Balaban J connectivity index is 2.40. The average Bonchev–Trinajstić information content (AvgIpc) is 2.28. The molecule has 0 amide bonds. The van der Waals surface area contributed by atoms with Gasteiger partial charge in [0.15, 0.2) is 5.11 Å². The molecular weight excluding hydrogens is 303 g/mol. The van der Waals surface area contributed by atoms with Crippen LogP contribution in [0.4, 0.5) is 10.1 Å². The molecule has 17 heavy (non-hydrogen) atoms. The van der Waals surface area contributed by atoms with E-state index in [-0.39, 0.29) is 5.82 Å². The summed E-state index contributed by atoms with van der Waals surface area (Å²) in [7, 11) is 0. The quantitative estimate of drug-likeness (QED) is 0.632. The molecule has 0 saturated carbocycles. The molecule has 0 aliphatic heterocycles. The molecule has 1 aromatic rings. The molecule has 1 aromatic carbocycles. The smallest absolute Gasteiger partial charge is 0.170 e. The second kappa shape index (κ2) is 7.61. The lowest BCUT2D eigenvalue weighted by atomic mass is 10.2. The predicted molar refractivity (Wildman–Crippen MR) is 77.8 cm³/mol. The normalized spacial score (nSPS) is 10.1. The van der Waals surface area contributed by atoms with E-state index in [1.807, 2.05) is 0 Å². The van der Waals surface area contributed by atoms with Gasteiger partial charge in [0.25, 0.3) is 0 Å². The van der Waals surface area contributed by atoms with Gasteiger partial charge in [-0.15, -0.1) is 0 Å². The molecule has 0 heterocycles. The van der Waals surface area contributed by atoms with Crippen LogP contribution < -0.4 is 10.6 Å². The van der Waals surface area contributed by atoms with Crippen LogP contribution in [-0.4, -0.2) is 11.7 Å². The Hall–Kier alpha value is -0.680. The zero-order valence-corrected chi connectivity index (χ0v) is 12.1. The van der Waals surface area contributed by atoms with Crippen LogP contribution >= 0.6 is 28.1 Å². The Bertz CT molecular complexity index is 385. The third kappa shape index (κ3) is 5.46. The molecule has 2 N–H and O–H groups in total. The van der Waals surface area contributed by atoms with Crippen molar-refractivity contribution in [2.24, 2.45) is 0 Å². The van der Waals surface area contributed by atoms with Crippen molar-refractivity contribution in [1.29, 1.82) is 0 Å². The summed E-state index contributed by atoms with van der Waals surface area (Å²) >= 11 is 8.28. The third-order valence-electron chi connectivity index (χ3n) is 2.25. The van der Waals surface area contributed by atoms with Gasteiger partial charge in [0, 0.05) is 11.0 Å². The fourth-order valence-electron chi connectivity index (χ4n) is 1.33. The maximum Gasteiger partial charge on any atom is 0.170 e. The topological polar surface area (TPSA) is 24.1 Å². The molecule has 0 aliphatic carbocycles. The zero-order chi connectivity index (χ0) is 12.7. The van der Waals surface area contributed by atoms with Crippen LogP contribution in [0.1, 0.15) is 26.2 Å². The second-order valence-corrected chi connectivity index (χ2v) is 5.04. The van der Waals surface area contributed by atoms with Gasteiger partial charge in [-0.1, -0.05) is 35.7 Å². The van der Waals surface area contributed by atoms with Crippen LogP contribution in [0.2, 0.25) is 0 Å². The van der Waals surface area contributed by atoms with E-state index in [0.717, 1.165) is 13.0 Å². The SMILES string of the molecule is CCCCCNC(=S)Nc1ccc(Br)cc1F. The first-order valence-corrected chi connectivity index (χ1v) is 6.83. The van der Waals surface area contributed by atoms with Crippen LogP contribution in [0, 0.1) is 5.82 Å². The Morgan fingerprint density at radius 2 is 2.18 bits per heavy atom. The number of thiocarbonyl (C=S) groups is 1. The van der Waals surface area contributed by atoms with Gasteiger partial charge in [-0.2, -0.15) is 0 Å². The monoisotopic (exact) mass is 318 g/mol. The van der Waals surface area contributed by atoms with Crippen molar-refractivity contribution >= 4 is 38.9 Å². The standard InChI is InChI=1S/C12H16BrFN2S/c1-2-3-4-7-15-12(17)16-11-6-5-9(13)8-10(11)14/h5-6,8H,2-4,7H2,1H3,(H2,15,16,17). The van der Waals surface area contributed by atoms with E-state index >= 15 is 0 Å². The maximum atomic E-state index is 13.5. The highest BCUT2D eigenvalue weighted by Crippen LogP contribution is 2.19. The van der Waals surface area contributed by atoms with Gasteiger partial charge in [0.05, 0.1) is 5.69 Å². The van der Waals surface area contributed by atoms with Gasteiger partial charge < -0.3 is 10.6 Å².